The van der Waals surface area contributed by atoms with Crippen molar-refractivity contribution in [3.05, 3.63) is 23.9 Å². The quantitative estimate of drug-likeness (QED) is 0.865. The summed E-state index contributed by atoms with van der Waals surface area (Å²) in [6, 6.07) is 2.56. The van der Waals surface area contributed by atoms with Crippen molar-refractivity contribution in [1.82, 2.24) is 19.3 Å². The molecule has 1 fully saturated rings. The molecule has 0 radical (unpaired) electrons. The highest BCUT2D eigenvalue weighted by molar-refractivity contribution is 7.09. The third kappa shape index (κ3) is 3.12. The molecule has 1 saturated heterocycles. The summed E-state index contributed by atoms with van der Waals surface area (Å²) < 4.78 is 4.26. The van der Waals surface area contributed by atoms with Crippen molar-refractivity contribution in [2.45, 2.75) is 32.7 Å². The molecule has 3 rings (SSSR count). The maximum Gasteiger partial charge on any atom is 0.205 e. The Morgan fingerprint density at radius 3 is 2.62 bits per heavy atom. The summed E-state index contributed by atoms with van der Waals surface area (Å²) in [6.07, 6.45) is 3.86. The number of nitrogens with zero attached hydrogens (tertiary/aromatic N) is 6. The Hall–Kier alpha value is -1.76. The Kier molecular flexibility index (Phi) is 4.01. The number of anilines is 2. The van der Waals surface area contributed by atoms with Crippen LogP contribution >= 0.6 is 11.5 Å². The lowest BCUT2D eigenvalue weighted by Gasteiger charge is -2.37. The zero-order chi connectivity index (χ0) is 14.8. The van der Waals surface area contributed by atoms with Crippen LogP contribution in [0, 0.1) is 13.8 Å². The molecule has 2 aromatic heterocycles. The normalized spacial score (nSPS) is 16.2. The molecule has 0 N–H and O–H groups in total. The fourth-order valence-electron chi connectivity index (χ4n) is 2.68. The second-order valence-corrected chi connectivity index (χ2v) is 6.20. The van der Waals surface area contributed by atoms with Crippen LogP contribution in [0.4, 0.5) is 10.9 Å². The second-order valence-electron chi connectivity index (χ2n) is 5.47. The van der Waals surface area contributed by atoms with Gasteiger partial charge in [0.15, 0.2) is 0 Å². The fourth-order valence-corrected chi connectivity index (χ4v) is 3.40. The van der Waals surface area contributed by atoms with Gasteiger partial charge in [-0.3, -0.25) is 0 Å². The van der Waals surface area contributed by atoms with E-state index in [1.54, 1.807) is 6.33 Å². The number of piperidine rings is 1. The predicted molar refractivity (Wildman–Crippen MR) is 85.1 cm³/mol. The highest BCUT2D eigenvalue weighted by atomic mass is 32.1. The van der Waals surface area contributed by atoms with Gasteiger partial charge >= 0.3 is 0 Å². The summed E-state index contributed by atoms with van der Waals surface area (Å²) in [7, 11) is 2.12. The predicted octanol–water partition coefficient (Wildman–Crippen LogP) is 2.05. The van der Waals surface area contributed by atoms with Gasteiger partial charge in [0.05, 0.1) is 0 Å². The van der Waals surface area contributed by atoms with Crippen LogP contribution in [-0.4, -0.2) is 45.5 Å². The van der Waals surface area contributed by atoms with Crippen molar-refractivity contribution in [2.75, 3.05) is 29.9 Å². The van der Waals surface area contributed by atoms with Crippen molar-refractivity contribution in [3.63, 3.8) is 0 Å². The molecule has 0 aromatic carbocycles. The van der Waals surface area contributed by atoms with Crippen LogP contribution in [0.25, 0.3) is 0 Å². The van der Waals surface area contributed by atoms with E-state index < -0.39 is 0 Å². The Balaban J connectivity index is 1.63. The SMILES string of the molecule is Cc1cc(N(C)C2CCN(c3nc(C)ns3)CC2)ncn1. The van der Waals surface area contributed by atoms with E-state index in [1.807, 2.05) is 19.9 Å². The lowest BCUT2D eigenvalue weighted by molar-refractivity contribution is 0.479. The monoisotopic (exact) mass is 304 g/mol. The van der Waals surface area contributed by atoms with Crippen LogP contribution < -0.4 is 9.80 Å². The molecule has 0 bridgehead atoms. The number of rotatable bonds is 3. The van der Waals surface area contributed by atoms with Gasteiger partial charge in [0, 0.05) is 49.5 Å². The van der Waals surface area contributed by atoms with Crippen LogP contribution in [0.5, 0.6) is 0 Å². The van der Waals surface area contributed by atoms with E-state index >= 15 is 0 Å². The molecule has 0 atom stereocenters. The van der Waals surface area contributed by atoms with Crippen LogP contribution in [-0.2, 0) is 0 Å². The number of aromatic nitrogens is 4. The van der Waals surface area contributed by atoms with Crippen molar-refractivity contribution >= 4 is 22.5 Å². The Morgan fingerprint density at radius 1 is 1.24 bits per heavy atom. The third-order valence-corrected chi connectivity index (χ3v) is 4.82. The molecule has 2 aromatic rings. The van der Waals surface area contributed by atoms with Gasteiger partial charge < -0.3 is 9.80 Å². The topological polar surface area (TPSA) is 58.0 Å². The lowest BCUT2D eigenvalue weighted by atomic mass is 10.0. The van der Waals surface area contributed by atoms with Gasteiger partial charge in [-0.1, -0.05) is 0 Å². The minimum absolute atomic E-state index is 0.518. The first-order valence-corrected chi connectivity index (χ1v) is 7.97. The van der Waals surface area contributed by atoms with Crippen molar-refractivity contribution in [1.29, 1.82) is 0 Å². The summed E-state index contributed by atoms with van der Waals surface area (Å²) in [4.78, 5) is 17.6. The van der Waals surface area contributed by atoms with Crippen LogP contribution in [0.15, 0.2) is 12.4 Å². The van der Waals surface area contributed by atoms with Gasteiger partial charge in [0.1, 0.15) is 18.0 Å². The largest absolute Gasteiger partial charge is 0.356 e. The van der Waals surface area contributed by atoms with Gasteiger partial charge in [-0.25, -0.2) is 15.0 Å². The molecule has 7 heteroatoms. The highest BCUT2D eigenvalue weighted by Gasteiger charge is 2.25. The standard InChI is InChI=1S/C14H20N6S/c1-10-8-13(16-9-15-10)19(3)12-4-6-20(7-5-12)14-17-11(2)18-21-14/h8-9,12H,4-7H2,1-3H3. The highest BCUT2D eigenvalue weighted by Crippen LogP contribution is 2.25. The summed E-state index contributed by atoms with van der Waals surface area (Å²) in [5.41, 5.74) is 1.01. The van der Waals surface area contributed by atoms with Crippen molar-refractivity contribution in [3.8, 4) is 0 Å². The van der Waals surface area contributed by atoms with Gasteiger partial charge in [-0.2, -0.15) is 4.37 Å². The maximum atomic E-state index is 4.47. The molecule has 0 spiro atoms. The molecular formula is C14H20N6S. The van der Waals surface area contributed by atoms with E-state index in [2.05, 4.69) is 36.2 Å². The van der Waals surface area contributed by atoms with E-state index in [0.717, 1.165) is 48.4 Å². The molecule has 112 valence electrons. The molecule has 0 amide bonds. The number of hydrogen-bond acceptors (Lipinski definition) is 7. The summed E-state index contributed by atoms with van der Waals surface area (Å²) >= 11 is 1.49. The van der Waals surface area contributed by atoms with Crippen LogP contribution in [0.2, 0.25) is 0 Å². The molecule has 3 heterocycles. The molecular weight excluding hydrogens is 284 g/mol. The molecule has 0 saturated carbocycles. The van der Waals surface area contributed by atoms with Gasteiger partial charge in [-0.15, -0.1) is 0 Å². The number of hydrogen-bond donors (Lipinski definition) is 0. The van der Waals surface area contributed by atoms with Crippen LogP contribution in [0.1, 0.15) is 24.4 Å². The summed E-state index contributed by atoms with van der Waals surface area (Å²) in [5.74, 6) is 1.87. The average molecular weight is 304 g/mol. The zero-order valence-corrected chi connectivity index (χ0v) is 13.5. The fraction of sp³-hybridized carbons (Fsp3) is 0.571. The van der Waals surface area contributed by atoms with E-state index in [9.17, 15) is 0 Å². The summed E-state index contributed by atoms with van der Waals surface area (Å²) in [6.45, 7) is 5.98. The number of aryl methyl sites for hydroxylation is 2. The molecule has 21 heavy (non-hydrogen) atoms. The molecule has 1 aliphatic heterocycles. The summed E-state index contributed by atoms with van der Waals surface area (Å²) in [5, 5.41) is 1.05. The average Bonchev–Trinajstić information content (AvgIpc) is 2.93. The molecule has 1 aliphatic rings. The first-order chi connectivity index (χ1) is 10.1. The van der Waals surface area contributed by atoms with E-state index in [4.69, 9.17) is 0 Å². The van der Waals surface area contributed by atoms with E-state index in [0.29, 0.717) is 6.04 Å². The minimum Gasteiger partial charge on any atom is -0.356 e. The third-order valence-electron chi connectivity index (χ3n) is 3.95. The first kappa shape index (κ1) is 14.2. The van der Waals surface area contributed by atoms with E-state index in [1.165, 1.54) is 11.5 Å². The first-order valence-electron chi connectivity index (χ1n) is 7.20. The Labute approximate surface area is 129 Å². The van der Waals surface area contributed by atoms with Gasteiger partial charge in [-0.05, 0) is 26.7 Å². The molecule has 0 aliphatic carbocycles. The van der Waals surface area contributed by atoms with Gasteiger partial charge in [0.25, 0.3) is 0 Å². The smallest absolute Gasteiger partial charge is 0.205 e. The Bertz CT molecular complexity index is 605. The van der Waals surface area contributed by atoms with Crippen molar-refractivity contribution < 1.29 is 0 Å². The second kappa shape index (κ2) is 5.93. The Morgan fingerprint density at radius 2 is 2.00 bits per heavy atom. The van der Waals surface area contributed by atoms with Crippen molar-refractivity contribution in [2.24, 2.45) is 0 Å². The van der Waals surface area contributed by atoms with Crippen LogP contribution in [0.3, 0.4) is 0 Å². The van der Waals surface area contributed by atoms with Gasteiger partial charge in [0.2, 0.25) is 5.13 Å². The lowest BCUT2D eigenvalue weighted by Crippen LogP contribution is -2.43. The maximum absolute atomic E-state index is 4.47. The zero-order valence-electron chi connectivity index (χ0n) is 12.7. The van der Waals surface area contributed by atoms with E-state index in [-0.39, 0.29) is 0 Å². The molecule has 0 unspecified atom stereocenters. The minimum atomic E-state index is 0.518. The molecule has 6 nitrogen and oxygen atoms in total.